The van der Waals surface area contributed by atoms with Crippen molar-refractivity contribution in [2.45, 2.75) is 42.6 Å². The van der Waals surface area contributed by atoms with E-state index >= 15 is 0 Å². The first-order valence-electron chi connectivity index (χ1n) is 11.8. The van der Waals surface area contributed by atoms with E-state index in [1.807, 2.05) is 36.2 Å². The van der Waals surface area contributed by atoms with E-state index in [-0.39, 0.29) is 17.6 Å². The molecule has 9 heteroatoms. The molecule has 2 aliphatic rings. The Morgan fingerprint density at radius 1 is 1.23 bits per heavy atom. The lowest BCUT2D eigenvalue weighted by Crippen LogP contribution is -2.51. The molecular formula is C26H30FN3O4S. The molecular weight excluding hydrogens is 469 g/mol. The van der Waals surface area contributed by atoms with E-state index in [9.17, 15) is 18.8 Å². The van der Waals surface area contributed by atoms with Crippen molar-refractivity contribution in [2.24, 2.45) is 0 Å². The topological polar surface area (TPSA) is 79.0 Å². The Hall–Kier alpha value is -2.59. The third kappa shape index (κ3) is 6.55. The number of benzene rings is 2. The second kappa shape index (κ2) is 11.9. The Kier molecular flexibility index (Phi) is 8.67. The van der Waals surface area contributed by atoms with E-state index in [1.54, 1.807) is 12.1 Å². The van der Waals surface area contributed by atoms with Crippen molar-refractivity contribution in [1.29, 1.82) is 0 Å². The van der Waals surface area contributed by atoms with Crippen LogP contribution < -0.4 is 5.32 Å². The van der Waals surface area contributed by atoms with Gasteiger partial charge in [0.25, 0.3) is 0 Å². The van der Waals surface area contributed by atoms with Gasteiger partial charge in [-0.25, -0.2) is 4.39 Å². The maximum Gasteiger partial charge on any atom is 0.243 e. The van der Waals surface area contributed by atoms with E-state index in [0.717, 1.165) is 35.4 Å². The third-order valence-corrected chi connectivity index (χ3v) is 7.61. The number of morpholine rings is 1. The molecule has 0 aliphatic carbocycles. The van der Waals surface area contributed by atoms with Crippen molar-refractivity contribution >= 4 is 29.9 Å². The van der Waals surface area contributed by atoms with Crippen LogP contribution in [0.15, 0.2) is 41.3 Å². The molecule has 0 spiro atoms. The number of hydrogen-bond donors (Lipinski definition) is 1. The summed E-state index contributed by atoms with van der Waals surface area (Å²) < 4.78 is 20.3. The third-order valence-electron chi connectivity index (χ3n) is 6.46. The number of piperidine rings is 1. The summed E-state index contributed by atoms with van der Waals surface area (Å²) in [4.78, 5) is 40.5. The lowest BCUT2D eigenvalue weighted by Gasteiger charge is -2.30. The SMILES string of the molecule is CN(Cc1c(C=O)cccc1SCc1ccc(CN2CCOCC2)cc1F)C1CCC(=O)NC1=O. The van der Waals surface area contributed by atoms with Gasteiger partial charge in [-0.15, -0.1) is 11.8 Å². The number of carbonyl (C=O) groups is 3. The molecule has 0 aromatic heterocycles. The molecule has 0 radical (unpaired) electrons. The number of ether oxygens (including phenoxy) is 1. The van der Waals surface area contributed by atoms with Crippen LogP contribution in [0.1, 0.15) is 39.9 Å². The van der Waals surface area contributed by atoms with Gasteiger partial charge in [-0.1, -0.05) is 24.3 Å². The number of nitrogens with one attached hydrogen (secondary N) is 1. The van der Waals surface area contributed by atoms with Gasteiger partial charge in [0.2, 0.25) is 11.8 Å². The molecule has 7 nitrogen and oxygen atoms in total. The predicted octanol–water partition coefficient (Wildman–Crippen LogP) is 3.00. The van der Waals surface area contributed by atoms with E-state index in [0.29, 0.717) is 56.0 Å². The van der Waals surface area contributed by atoms with Crippen LogP contribution in [0.3, 0.4) is 0 Å². The highest BCUT2D eigenvalue weighted by Gasteiger charge is 2.30. The molecule has 35 heavy (non-hydrogen) atoms. The largest absolute Gasteiger partial charge is 0.379 e. The van der Waals surface area contributed by atoms with Crippen LogP contribution in [0.25, 0.3) is 0 Å². The number of aldehydes is 1. The van der Waals surface area contributed by atoms with Gasteiger partial charge >= 0.3 is 0 Å². The Morgan fingerprint density at radius 2 is 2.03 bits per heavy atom. The molecule has 186 valence electrons. The Labute approximate surface area is 209 Å². The quantitative estimate of drug-likeness (QED) is 0.323. The number of thioether (sulfide) groups is 1. The molecule has 4 rings (SSSR count). The highest BCUT2D eigenvalue weighted by molar-refractivity contribution is 7.98. The van der Waals surface area contributed by atoms with Gasteiger partial charge < -0.3 is 4.74 Å². The number of nitrogens with zero attached hydrogens (tertiary/aromatic N) is 2. The molecule has 1 unspecified atom stereocenters. The van der Waals surface area contributed by atoms with Crippen LogP contribution in [0, 0.1) is 5.82 Å². The number of hydrogen-bond acceptors (Lipinski definition) is 7. The van der Waals surface area contributed by atoms with Crippen LogP contribution in [-0.2, 0) is 33.2 Å². The van der Waals surface area contributed by atoms with Crippen LogP contribution in [0.2, 0.25) is 0 Å². The molecule has 2 aromatic rings. The summed E-state index contributed by atoms with van der Waals surface area (Å²) in [5.74, 6) is -0.402. The fraction of sp³-hybridized carbons (Fsp3) is 0.423. The van der Waals surface area contributed by atoms with Crippen molar-refractivity contribution in [3.05, 3.63) is 64.5 Å². The van der Waals surface area contributed by atoms with Crippen molar-refractivity contribution in [3.8, 4) is 0 Å². The zero-order chi connectivity index (χ0) is 24.8. The van der Waals surface area contributed by atoms with Crippen molar-refractivity contribution in [2.75, 3.05) is 33.4 Å². The molecule has 2 aliphatic heterocycles. The monoisotopic (exact) mass is 499 g/mol. The summed E-state index contributed by atoms with van der Waals surface area (Å²) in [5.41, 5.74) is 2.87. The molecule has 0 saturated carbocycles. The molecule has 2 fully saturated rings. The molecule has 2 aromatic carbocycles. The number of imide groups is 1. The summed E-state index contributed by atoms with van der Waals surface area (Å²) in [7, 11) is 1.81. The fourth-order valence-electron chi connectivity index (χ4n) is 4.44. The van der Waals surface area contributed by atoms with Crippen LogP contribution in [0.4, 0.5) is 4.39 Å². The Balaban J connectivity index is 1.44. The first-order valence-corrected chi connectivity index (χ1v) is 12.7. The smallest absolute Gasteiger partial charge is 0.243 e. The van der Waals surface area contributed by atoms with Gasteiger partial charge in [-0.05, 0) is 42.3 Å². The first-order chi connectivity index (χ1) is 16.9. The van der Waals surface area contributed by atoms with E-state index in [4.69, 9.17) is 4.74 Å². The molecule has 0 bridgehead atoms. The van der Waals surface area contributed by atoms with Crippen LogP contribution in [-0.4, -0.2) is 67.3 Å². The summed E-state index contributed by atoms with van der Waals surface area (Å²) in [6.07, 6.45) is 1.53. The van der Waals surface area contributed by atoms with Gasteiger partial charge in [-0.2, -0.15) is 0 Å². The van der Waals surface area contributed by atoms with Crippen molar-refractivity contribution < 1.29 is 23.5 Å². The van der Waals surface area contributed by atoms with E-state index < -0.39 is 6.04 Å². The normalized spacial score (nSPS) is 19.1. The molecule has 2 amide bonds. The Morgan fingerprint density at radius 3 is 2.74 bits per heavy atom. The van der Waals surface area contributed by atoms with Gasteiger partial charge in [0.15, 0.2) is 0 Å². The second-order valence-electron chi connectivity index (χ2n) is 8.93. The maximum atomic E-state index is 14.9. The summed E-state index contributed by atoms with van der Waals surface area (Å²) in [6, 6.07) is 10.4. The second-order valence-corrected chi connectivity index (χ2v) is 9.94. The average molecular weight is 500 g/mol. The van der Waals surface area contributed by atoms with Crippen LogP contribution in [0.5, 0.6) is 0 Å². The molecule has 1 N–H and O–H groups in total. The standard InChI is InChI=1S/C26H30FN3O4S/c1-29(23-7-8-25(32)28-26(23)33)15-21-19(16-31)3-2-4-24(21)35-17-20-6-5-18(13-22(20)27)14-30-9-11-34-12-10-30/h2-6,13,16,23H,7-12,14-15,17H2,1H3,(H,28,32,33). The lowest BCUT2D eigenvalue weighted by molar-refractivity contribution is -0.137. The molecule has 2 heterocycles. The highest BCUT2D eigenvalue weighted by Crippen LogP contribution is 2.31. The minimum absolute atomic E-state index is 0.239. The minimum atomic E-state index is -0.443. The number of halogens is 1. The van der Waals surface area contributed by atoms with E-state index in [2.05, 4.69) is 10.2 Å². The first kappa shape index (κ1) is 25.5. The zero-order valence-corrected chi connectivity index (χ0v) is 20.6. The molecule has 2 saturated heterocycles. The number of carbonyl (C=O) groups excluding carboxylic acids is 3. The predicted molar refractivity (Wildman–Crippen MR) is 132 cm³/mol. The van der Waals surface area contributed by atoms with Gasteiger partial charge in [-0.3, -0.25) is 29.5 Å². The maximum absolute atomic E-state index is 14.9. The average Bonchev–Trinajstić information content (AvgIpc) is 2.84. The van der Waals surface area contributed by atoms with Crippen LogP contribution >= 0.6 is 11.8 Å². The number of rotatable bonds is 9. The number of amides is 2. The van der Waals surface area contributed by atoms with E-state index in [1.165, 1.54) is 11.8 Å². The van der Waals surface area contributed by atoms with Gasteiger partial charge in [0.05, 0.1) is 19.3 Å². The molecule has 1 atom stereocenters. The lowest BCUT2D eigenvalue weighted by atomic mass is 10.0. The summed E-state index contributed by atoms with van der Waals surface area (Å²) >= 11 is 1.47. The highest BCUT2D eigenvalue weighted by atomic mass is 32.2. The number of likely N-dealkylation sites (N-methyl/N-ethyl adjacent to an activating group) is 1. The minimum Gasteiger partial charge on any atom is -0.379 e. The van der Waals surface area contributed by atoms with Crippen molar-refractivity contribution in [1.82, 2.24) is 15.1 Å². The van der Waals surface area contributed by atoms with Gasteiger partial charge in [0.1, 0.15) is 12.1 Å². The summed E-state index contributed by atoms with van der Waals surface area (Å²) in [5, 5.41) is 2.38. The van der Waals surface area contributed by atoms with Gasteiger partial charge in [0, 0.05) is 48.8 Å². The summed E-state index contributed by atoms with van der Waals surface area (Å²) in [6.45, 7) is 4.18. The Bertz CT molecular complexity index is 1090. The zero-order valence-electron chi connectivity index (χ0n) is 19.8. The van der Waals surface area contributed by atoms with Crippen molar-refractivity contribution in [3.63, 3.8) is 0 Å². The fourth-order valence-corrected chi connectivity index (χ4v) is 5.52.